The lowest BCUT2D eigenvalue weighted by molar-refractivity contribution is 0.0938. The van der Waals surface area contributed by atoms with Crippen LogP contribution in [0.5, 0.6) is 11.5 Å². The van der Waals surface area contributed by atoms with E-state index in [4.69, 9.17) is 9.47 Å². The molecule has 0 spiro atoms. The van der Waals surface area contributed by atoms with E-state index in [0.29, 0.717) is 17.1 Å². The summed E-state index contributed by atoms with van der Waals surface area (Å²) in [6.45, 7) is 4.25. The third-order valence-corrected chi connectivity index (χ3v) is 6.06. The van der Waals surface area contributed by atoms with Crippen LogP contribution >= 0.6 is 0 Å². The highest BCUT2D eigenvalue weighted by Crippen LogP contribution is 2.34. The van der Waals surface area contributed by atoms with Gasteiger partial charge in [-0.25, -0.2) is 0 Å². The lowest BCUT2D eigenvalue weighted by atomic mass is 9.93. The summed E-state index contributed by atoms with van der Waals surface area (Å²) in [5.41, 5.74) is 5.28. The molecule has 1 N–H and O–H groups in total. The fourth-order valence-electron chi connectivity index (χ4n) is 4.13. The van der Waals surface area contributed by atoms with E-state index in [1.165, 1.54) is 11.1 Å². The molecule has 0 radical (unpaired) electrons. The summed E-state index contributed by atoms with van der Waals surface area (Å²) in [6.07, 6.45) is 9.67. The molecule has 0 saturated carbocycles. The molecule has 5 heteroatoms. The van der Waals surface area contributed by atoms with Crippen LogP contribution in [0.2, 0.25) is 0 Å². The number of rotatable bonds is 12. The van der Waals surface area contributed by atoms with Crippen LogP contribution in [0.4, 0.5) is 0 Å². The largest absolute Gasteiger partial charge is 0.493 e. The zero-order chi connectivity index (χ0) is 24.3. The zero-order valence-electron chi connectivity index (χ0n) is 20.8. The molecule has 5 nitrogen and oxygen atoms in total. The van der Waals surface area contributed by atoms with Gasteiger partial charge in [0.25, 0.3) is 5.91 Å². The molecule has 1 heterocycles. The minimum atomic E-state index is -0.0227. The van der Waals surface area contributed by atoms with Gasteiger partial charge in [0, 0.05) is 24.0 Å². The first kappa shape index (κ1) is 25.3. The predicted molar refractivity (Wildman–Crippen MR) is 138 cm³/mol. The number of methoxy groups -OCH3 is 2. The molecule has 0 fully saturated rings. The molecule has 1 atom stereocenters. The van der Waals surface area contributed by atoms with Crippen LogP contribution in [0.1, 0.15) is 61.0 Å². The molecule has 1 aromatic heterocycles. The number of pyridine rings is 1. The first-order valence-electron chi connectivity index (χ1n) is 12.1. The monoisotopic (exact) mass is 460 g/mol. The third-order valence-electron chi connectivity index (χ3n) is 6.06. The van der Waals surface area contributed by atoms with Crippen LogP contribution in [-0.2, 0) is 12.8 Å². The molecule has 1 unspecified atom stereocenters. The number of hydrogen-bond acceptors (Lipinski definition) is 4. The smallest absolute Gasteiger partial charge is 0.251 e. The van der Waals surface area contributed by atoms with Crippen LogP contribution < -0.4 is 14.8 Å². The minimum Gasteiger partial charge on any atom is -0.493 e. The van der Waals surface area contributed by atoms with E-state index in [-0.39, 0.29) is 11.9 Å². The van der Waals surface area contributed by atoms with E-state index in [1.807, 2.05) is 48.7 Å². The van der Waals surface area contributed by atoms with Gasteiger partial charge in [-0.15, -0.1) is 0 Å². The first-order valence-corrected chi connectivity index (χ1v) is 12.1. The number of unbranched alkanes of at least 4 members (excludes halogenated alkanes) is 1. The second kappa shape index (κ2) is 12.8. The van der Waals surface area contributed by atoms with Gasteiger partial charge in [-0.2, -0.15) is 0 Å². The van der Waals surface area contributed by atoms with E-state index in [2.05, 4.69) is 30.2 Å². The Hall–Kier alpha value is -3.34. The van der Waals surface area contributed by atoms with Crippen LogP contribution in [0.15, 0.2) is 60.9 Å². The molecule has 2 aromatic carbocycles. The third kappa shape index (κ3) is 6.83. The number of ether oxygens (including phenoxy) is 2. The van der Waals surface area contributed by atoms with Crippen molar-refractivity contribution in [3.63, 3.8) is 0 Å². The summed E-state index contributed by atoms with van der Waals surface area (Å²) in [7, 11) is 3.28. The van der Waals surface area contributed by atoms with E-state index >= 15 is 0 Å². The highest BCUT2D eigenvalue weighted by atomic mass is 16.5. The van der Waals surface area contributed by atoms with E-state index in [9.17, 15) is 4.79 Å². The molecule has 34 heavy (non-hydrogen) atoms. The van der Waals surface area contributed by atoms with Gasteiger partial charge in [0.2, 0.25) is 0 Å². The fourth-order valence-corrected chi connectivity index (χ4v) is 4.13. The maximum atomic E-state index is 13.0. The summed E-state index contributed by atoms with van der Waals surface area (Å²) in [5, 5.41) is 3.17. The number of nitrogens with zero attached hydrogens (tertiary/aromatic N) is 1. The summed E-state index contributed by atoms with van der Waals surface area (Å²) >= 11 is 0. The zero-order valence-corrected chi connectivity index (χ0v) is 20.8. The lowest BCUT2D eigenvalue weighted by Gasteiger charge is -2.17. The van der Waals surface area contributed by atoms with Gasteiger partial charge in [-0.1, -0.05) is 31.5 Å². The second-order valence-electron chi connectivity index (χ2n) is 8.67. The first-order chi connectivity index (χ1) is 16.5. The molecule has 0 bridgehead atoms. The van der Waals surface area contributed by atoms with Gasteiger partial charge in [0.05, 0.1) is 14.2 Å². The molecular formula is C29H36N2O3. The Morgan fingerprint density at radius 3 is 2.53 bits per heavy atom. The van der Waals surface area contributed by atoms with Crippen molar-refractivity contribution in [3.05, 3.63) is 77.6 Å². The quantitative estimate of drug-likeness (QED) is 0.347. The van der Waals surface area contributed by atoms with Gasteiger partial charge in [0.15, 0.2) is 11.5 Å². The van der Waals surface area contributed by atoms with Crippen LogP contribution in [0.3, 0.4) is 0 Å². The van der Waals surface area contributed by atoms with Crippen molar-refractivity contribution >= 4 is 5.91 Å². The number of aromatic nitrogens is 1. The highest BCUT2D eigenvalue weighted by molar-refractivity contribution is 5.95. The maximum absolute atomic E-state index is 13.0. The Morgan fingerprint density at radius 2 is 1.82 bits per heavy atom. The molecule has 0 aliphatic carbocycles. The Labute approximate surface area is 203 Å². The summed E-state index contributed by atoms with van der Waals surface area (Å²) in [5.74, 6) is 1.38. The van der Waals surface area contributed by atoms with Crippen LogP contribution in [-0.4, -0.2) is 31.2 Å². The number of carbonyl (C=O) groups is 1. The second-order valence-corrected chi connectivity index (χ2v) is 8.67. The standard InChI is InChI=1S/C29H36N2O3/c1-5-6-12-23-18-25(13-15-26(23)24-14-16-27(33-3)28(19-24)34-4)29(32)31-21(2)9-7-10-22-11-8-17-30-20-22/h8,11,13-21H,5-7,9-10,12H2,1-4H3,(H,31,32). The molecule has 3 rings (SSSR count). The number of benzene rings is 2. The normalized spacial score (nSPS) is 11.6. The van der Waals surface area contributed by atoms with Crippen LogP contribution in [0, 0.1) is 0 Å². The molecule has 0 aliphatic heterocycles. The fraction of sp³-hybridized carbons (Fsp3) is 0.379. The topological polar surface area (TPSA) is 60.5 Å². The van der Waals surface area contributed by atoms with Crippen molar-refractivity contribution in [1.82, 2.24) is 10.3 Å². The van der Waals surface area contributed by atoms with Gasteiger partial charge in [0.1, 0.15) is 0 Å². The van der Waals surface area contributed by atoms with Crippen molar-refractivity contribution in [2.75, 3.05) is 14.2 Å². The summed E-state index contributed by atoms with van der Waals surface area (Å²) < 4.78 is 10.9. The Bertz CT molecular complexity index is 1070. The van der Waals surface area contributed by atoms with Crippen molar-refractivity contribution < 1.29 is 14.3 Å². The van der Waals surface area contributed by atoms with Gasteiger partial charge < -0.3 is 14.8 Å². The molecular weight excluding hydrogens is 424 g/mol. The van der Waals surface area contributed by atoms with Crippen LogP contribution in [0.25, 0.3) is 11.1 Å². The SMILES string of the molecule is CCCCc1cc(C(=O)NC(C)CCCc2cccnc2)ccc1-c1ccc(OC)c(OC)c1. The van der Waals surface area contributed by atoms with Crippen molar-refractivity contribution in [2.45, 2.75) is 58.4 Å². The number of nitrogens with one attached hydrogen (secondary N) is 1. The van der Waals surface area contributed by atoms with Crippen molar-refractivity contribution in [3.8, 4) is 22.6 Å². The van der Waals surface area contributed by atoms with E-state index < -0.39 is 0 Å². The summed E-state index contributed by atoms with van der Waals surface area (Å²) in [6, 6.07) is 16.1. The number of carbonyl (C=O) groups excluding carboxylic acids is 1. The molecule has 1 amide bonds. The van der Waals surface area contributed by atoms with Crippen molar-refractivity contribution in [1.29, 1.82) is 0 Å². The number of hydrogen-bond donors (Lipinski definition) is 1. The molecule has 0 saturated heterocycles. The van der Waals surface area contributed by atoms with Gasteiger partial charge in [-0.05, 0) is 91.6 Å². The van der Waals surface area contributed by atoms with Crippen molar-refractivity contribution in [2.24, 2.45) is 0 Å². The lowest BCUT2D eigenvalue weighted by Crippen LogP contribution is -2.32. The average molecular weight is 461 g/mol. The molecule has 180 valence electrons. The predicted octanol–water partition coefficient (Wildman–Crippen LogP) is 6.25. The van der Waals surface area contributed by atoms with Gasteiger partial charge >= 0.3 is 0 Å². The molecule has 0 aliphatic rings. The summed E-state index contributed by atoms with van der Waals surface area (Å²) in [4.78, 5) is 17.2. The van der Waals surface area contributed by atoms with E-state index in [0.717, 1.165) is 49.7 Å². The Balaban J connectivity index is 1.71. The van der Waals surface area contributed by atoms with E-state index in [1.54, 1.807) is 20.4 Å². The maximum Gasteiger partial charge on any atom is 0.251 e. The number of amides is 1. The van der Waals surface area contributed by atoms with Gasteiger partial charge in [-0.3, -0.25) is 9.78 Å². The Kier molecular flexibility index (Phi) is 9.51. The Morgan fingerprint density at radius 1 is 1.00 bits per heavy atom. The average Bonchev–Trinajstić information content (AvgIpc) is 2.87. The minimum absolute atomic E-state index is 0.0227. The highest BCUT2D eigenvalue weighted by Gasteiger charge is 2.15. The number of aryl methyl sites for hydroxylation is 2. The molecule has 3 aromatic rings.